The minimum absolute atomic E-state index is 0.0379. The Morgan fingerprint density at radius 1 is 1.18 bits per heavy atom. The zero-order valence-corrected chi connectivity index (χ0v) is 15.8. The van der Waals surface area contributed by atoms with Crippen molar-refractivity contribution < 1.29 is 9.53 Å². The Hall–Kier alpha value is -3.22. The van der Waals surface area contributed by atoms with E-state index >= 15 is 0 Å². The number of hydrogen-bond donors (Lipinski definition) is 1. The number of pyridine rings is 1. The topological polar surface area (TPSA) is 94.0 Å². The summed E-state index contributed by atoms with van der Waals surface area (Å²) in [5, 5.41) is 0.345. The average Bonchev–Trinajstić information content (AvgIpc) is 2.70. The molecule has 1 aliphatic carbocycles. The zero-order chi connectivity index (χ0) is 19.8. The third-order valence-electron chi connectivity index (χ3n) is 5.33. The van der Waals surface area contributed by atoms with E-state index in [0.717, 1.165) is 17.7 Å². The molecule has 2 aromatic heterocycles. The van der Waals surface area contributed by atoms with Crippen LogP contribution in [0.25, 0.3) is 11.0 Å². The van der Waals surface area contributed by atoms with Crippen LogP contribution in [0, 0.1) is 0 Å². The Balaban J connectivity index is 1.88. The summed E-state index contributed by atoms with van der Waals surface area (Å²) in [5.74, 6) is 0.674. The highest BCUT2D eigenvalue weighted by Crippen LogP contribution is 2.35. The molecule has 0 fully saturated rings. The largest absolute Gasteiger partial charge is 0.497 e. The summed E-state index contributed by atoms with van der Waals surface area (Å²) in [6.07, 6.45) is 3.14. The van der Waals surface area contributed by atoms with E-state index in [1.807, 2.05) is 31.2 Å². The Morgan fingerprint density at radius 3 is 2.61 bits per heavy atom. The van der Waals surface area contributed by atoms with Gasteiger partial charge in [0.25, 0.3) is 5.56 Å². The number of Topliss-reactive ketones (excluding diaryl/α,β-unsaturated/α-hetero) is 1. The first-order valence-corrected chi connectivity index (χ1v) is 9.35. The minimum atomic E-state index is -0.486. The van der Waals surface area contributed by atoms with Gasteiger partial charge in [-0.15, -0.1) is 0 Å². The van der Waals surface area contributed by atoms with E-state index in [0.29, 0.717) is 41.5 Å². The number of rotatable bonds is 4. The van der Waals surface area contributed by atoms with Gasteiger partial charge in [-0.25, -0.2) is 9.78 Å². The van der Waals surface area contributed by atoms with Gasteiger partial charge in [0.2, 0.25) is 0 Å². The quantitative estimate of drug-likeness (QED) is 0.751. The second-order valence-electron chi connectivity index (χ2n) is 7.06. The SMILES string of the molecule is CCCn1c(=O)[nH]c(=O)c2c3c(cnc21)C(=O)C[C@@H](c1ccc(OC)cc1)C3. The lowest BCUT2D eigenvalue weighted by molar-refractivity contribution is 0.0964. The van der Waals surface area contributed by atoms with Gasteiger partial charge in [0.15, 0.2) is 5.78 Å². The molecule has 0 aliphatic heterocycles. The summed E-state index contributed by atoms with van der Waals surface area (Å²) in [6, 6.07) is 7.63. The van der Waals surface area contributed by atoms with Gasteiger partial charge in [-0.1, -0.05) is 19.1 Å². The van der Waals surface area contributed by atoms with Crippen molar-refractivity contribution >= 4 is 16.8 Å². The molecule has 0 radical (unpaired) electrons. The zero-order valence-electron chi connectivity index (χ0n) is 15.8. The molecule has 0 saturated carbocycles. The molecule has 0 unspecified atom stereocenters. The highest BCUT2D eigenvalue weighted by atomic mass is 16.5. The Morgan fingerprint density at radius 2 is 1.93 bits per heavy atom. The van der Waals surface area contributed by atoms with Gasteiger partial charge in [0.05, 0.1) is 12.5 Å². The number of carbonyl (C=O) groups excluding carboxylic acids is 1. The van der Waals surface area contributed by atoms with E-state index < -0.39 is 11.2 Å². The molecule has 4 rings (SSSR count). The number of H-pyrrole nitrogens is 1. The van der Waals surface area contributed by atoms with Crippen molar-refractivity contribution in [1.29, 1.82) is 0 Å². The Bertz CT molecular complexity index is 1180. The Labute approximate surface area is 161 Å². The van der Waals surface area contributed by atoms with E-state index in [9.17, 15) is 14.4 Å². The number of carbonyl (C=O) groups is 1. The second kappa shape index (κ2) is 7.07. The predicted molar refractivity (Wildman–Crippen MR) is 105 cm³/mol. The van der Waals surface area contributed by atoms with Crippen LogP contribution in [0.3, 0.4) is 0 Å². The normalized spacial score (nSPS) is 16.2. The number of nitrogens with one attached hydrogen (secondary N) is 1. The molecular formula is C21H21N3O4. The van der Waals surface area contributed by atoms with Gasteiger partial charge in [-0.2, -0.15) is 0 Å². The number of aryl methyl sites for hydroxylation is 1. The molecule has 3 aromatic rings. The lowest BCUT2D eigenvalue weighted by Crippen LogP contribution is -2.33. The van der Waals surface area contributed by atoms with Gasteiger partial charge in [-0.3, -0.25) is 19.1 Å². The van der Waals surface area contributed by atoms with Crippen molar-refractivity contribution in [3.05, 3.63) is 68.0 Å². The number of aromatic nitrogens is 3. The number of ether oxygens (including phenoxy) is 1. The monoisotopic (exact) mass is 379 g/mol. The first-order chi connectivity index (χ1) is 13.5. The number of hydrogen-bond acceptors (Lipinski definition) is 5. The fourth-order valence-electron chi connectivity index (χ4n) is 3.95. The number of methoxy groups -OCH3 is 1. The Kier molecular flexibility index (Phi) is 4.58. The standard InChI is InChI=1S/C21H21N3O4/c1-3-8-24-19-18(20(26)23-21(24)27)15-9-13(10-17(25)16(15)11-22-19)12-4-6-14(28-2)7-5-12/h4-7,11,13H,3,8-10H2,1-2H3,(H,23,26,27)/t13-/m0/s1. The fourth-order valence-corrected chi connectivity index (χ4v) is 3.95. The maximum absolute atomic E-state index is 12.8. The van der Waals surface area contributed by atoms with E-state index in [2.05, 4.69) is 9.97 Å². The maximum atomic E-state index is 12.8. The molecule has 1 atom stereocenters. The summed E-state index contributed by atoms with van der Waals surface area (Å²) in [5.41, 5.74) is 1.55. The van der Waals surface area contributed by atoms with Crippen LogP contribution < -0.4 is 16.0 Å². The molecule has 2 heterocycles. The summed E-state index contributed by atoms with van der Waals surface area (Å²) in [6.45, 7) is 2.40. The fraction of sp³-hybridized carbons (Fsp3) is 0.333. The molecule has 28 heavy (non-hydrogen) atoms. The van der Waals surface area contributed by atoms with Gasteiger partial charge in [0, 0.05) is 24.7 Å². The first-order valence-electron chi connectivity index (χ1n) is 9.35. The lowest BCUT2D eigenvalue weighted by atomic mass is 9.79. The van der Waals surface area contributed by atoms with Gasteiger partial charge < -0.3 is 4.74 Å². The number of aromatic amines is 1. The van der Waals surface area contributed by atoms with E-state index in [4.69, 9.17) is 4.74 Å². The molecule has 0 spiro atoms. The number of ketones is 1. The highest BCUT2D eigenvalue weighted by Gasteiger charge is 2.29. The van der Waals surface area contributed by atoms with E-state index in [1.165, 1.54) is 10.8 Å². The van der Waals surface area contributed by atoms with Crippen molar-refractivity contribution in [1.82, 2.24) is 14.5 Å². The van der Waals surface area contributed by atoms with Crippen LogP contribution in [0.2, 0.25) is 0 Å². The highest BCUT2D eigenvalue weighted by molar-refractivity contribution is 6.02. The molecule has 0 bridgehead atoms. The molecule has 1 aliphatic rings. The molecule has 1 N–H and O–H groups in total. The van der Waals surface area contributed by atoms with Crippen molar-refractivity contribution in [2.24, 2.45) is 0 Å². The smallest absolute Gasteiger partial charge is 0.329 e. The molecule has 0 saturated heterocycles. The van der Waals surface area contributed by atoms with Gasteiger partial charge >= 0.3 is 5.69 Å². The van der Waals surface area contributed by atoms with Crippen LogP contribution in [-0.4, -0.2) is 27.4 Å². The van der Waals surface area contributed by atoms with Crippen LogP contribution in [0.4, 0.5) is 0 Å². The number of benzene rings is 1. The summed E-state index contributed by atoms with van der Waals surface area (Å²) < 4.78 is 6.67. The summed E-state index contributed by atoms with van der Waals surface area (Å²) >= 11 is 0. The molecule has 7 nitrogen and oxygen atoms in total. The van der Waals surface area contributed by atoms with Crippen LogP contribution in [-0.2, 0) is 13.0 Å². The number of nitrogens with zero attached hydrogens (tertiary/aromatic N) is 2. The maximum Gasteiger partial charge on any atom is 0.329 e. The predicted octanol–water partition coefficient (Wildman–Crippen LogP) is 2.42. The van der Waals surface area contributed by atoms with Gasteiger partial charge in [-0.05, 0) is 42.0 Å². The third-order valence-corrected chi connectivity index (χ3v) is 5.33. The average molecular weight is 379 g/mol. The van der Waals surface area contributed by atoms with Gasteiger partial charge in [0.1, 0.15) is 11.4 Å². The van der Waals surface area contributed by atoms with Crippen LogP contribution >= 0.6 is 0 Å². The minimum Gasteiger partial charge on any atom is -0.497 e. The molecule has 1 aromatic carbocycles. The van der Waals surface area contributed by atoms with Crippen LogP contribution in [0.1, 0.15) is 47.2 Å². The molecule has 7 heteroatoms. The number of fused-ring (bicyclic) bond motifs is 3. The van der Waals surface area contributed by atoms with E-state index in [1.54, 1.807) is 7.11 Å². The van der Waals surface area contributed by atoms with Crippen LogP contribution in [0.15, 0.2) is 40.1 Å². The molecule has 0 amide bonds. The van der Waals surface area contributed by atoms with Crippen molar-refractivity contribution in [2.75, 3.05) is 7.11 Å². The van der Waals surface area contributed by atoms with Crippen molar-refractivity contribution in [3.8, 4) is 5.75 Å². The summed E-state index contributed by atoms with van der Waals surface area (Å²) in [4.78, 5) is 44.3. The third kappa shape index (κ3) is 2.93. The van der Waals surface area contributed by atoms with E-state index in [-0.39, 0.29) is 11.7 Å². The second-order valence-corrected chi connectivity index (χ2v) is 7.06. The first kappa shape index (κ1) is 18.2. The van der Waals surface area contributed by atoms with Crippen molar-refractivity contribution in [2.45, 2.75) is 38.6 Å². The molecular weight excluding hydrogens is 358 g/mol. The summed E-state index contributed by atoms with van der Waals surface area (Å²) in [7, 11) is 1.61. The van der Waals surface area contributed by atoms with Crippen LogP contribution in [0.5, 0.6) is 5.75 Å². The molecule has 144 valence electrons. The lowest BCUT2D eigenvalue weighted by Gasteiger charge is -2.25. The van der Waals surface area contributed by atoms with Crippen molar-refractivity contribution in [3.63, 3.8) is 0 Å².